The minimum Gasteiger partial charge on any atom is -0.325 e. The Kier molecular flexibility index (Phi) is 5.60. The molecular formula is C16H24BrNO. The number of aryl methyl sites for hydroxylation is 1. The lowest BCUT2D eigenvalue weighted by molar-refractivity contribution is -0.113. The number of hydrogen-bond acceptors (Lipinski definition) is 1. The van der Waals surface area contributed by atoms with Gasteiger partial charge in [0, 0.05) is 5.69 Å². The van der Waals surface area contributed by atoms with Crippen LogP contribution in [0.3, 0.4) is 0 Å². The number of anilines is 1. The van der Waals surface area contributed by atoms with Gasteiger partial charge in [-0.15, -0.1) is 0 Å². The van der Waals surface area contributed by atoms with Crippen LogP contribution in [0.5, 0.6) is 0 Å². The molecule has 0 aliphatic carbocycles. The van der Waals surface area contributed by atoms with Crippen molar-refractivity contribution in [3.8, 4) is 0 Å². The fraction of sp³-hybridized carbons (Fsp3) is 0.562. The van der Waals surface area contributed by atoms with Crippen molar-refractivity contribution in [1.29, 1.82) is 0 Å². The molecule has 1 aromatic rings. The Balaban J connectivity index is 3.31. The third kappa shape index (κ3) is 3.82. The van der Waals surface area contributed by atoms with Crippen LogP contribution in [-0.4, -0.2) is 11.2 Å². The molecule has 1 aromatic carbocycles. The highest BCUT2D eigenvalue weighted by Gasteiger charge is 2.24. The SMILES string of the molecule is CCCC(C)(C)c1ccc(C)c(C)c1NC(=O)CBr. The van der Waals surface area contributed by atoms with Gasteiger partial charge < -0.3 is 5.32 Å². The van der Waals surface area contributed by atoms with E-state index in [-0.39, 0.29) is 11.3 Å². The summed E-state index contributed by atoms with van der Waals surface area (Å²) in [6.45, 7) is 10.8. The van der Waals surface area contributed by atoms with E-state index in [2.05, 4.69) is 68.0 Å². The first-order chi connectivity index (χ1) is 8.83. The molecule has 1 N–H and O–H groups in total. The molecule has 0 bridgehead atoms. The quantitative estimate of drug-likeness (QED) is 0.780. The molecule has 0 fully saturated rings. The molecule has 106 valence electrons. The van der Waals surface area contributed by atoms with Gasteiger partial charge in [-0.3, -0.25) is 4.79 Å². The van der Waals surface area contributed by atoms with Gasteiger partial charge in [0.25, 0.3) is 0 Å². The fourth-order valence-corrected chi connectivity index (χ4v) is 2.61. The number of hydrogen-bond donors (Lipinski definition) is 1. The molecule has 0 aliphatic heterocycles. The van der Waals surface area contributed by atoms with E-state index in [9.17, 15) is 4.79 Å². The number of benzene rings is 1. The lowest BCUT2D eigenvalue weighted by Gasteiger charge is -2.29. The largest absolute Gasteiger partial charge is 0.325 e. The molecule has 0 spiro atoms. The van der Waals surface area contributed by atoms with Crippen LogP contribution in [0.15, 0.2) is 12.1 Å². The molecule has 0 saturated carbocycles. The molecule has 0 aliphatic rings. The van der Waals surface area contributed by atoms with Gasteiger partial charge in [-0.25, -0.2) is 0 Å². The molecule has 0 saturated heterocycles. The third-order valence-electron chi connectivity index (χ3n) is 3.73. The number of rotatable bonds is 5. The van der Waals surface area contributed by atoms with Crippen LogP contribution in [0.1, 0.15) is 50.3 Å². The van der Waals surface area contributed by atoms with E-state index in [0.29, 0.717) is 5.33 Å². The van der Waals surface area contributed by atoms with Crippen LogP contribution in [-0.2, 0) is 10.2 Å². The Morgan fingerprint density at radius 1 is 1.32 bits per heavy atom. The average Bonchev–Trinajstić information content (AvgIpc) is 2.34. The highest BCUT2D eigenvalue weighted by atomic mass is 79.9. The van der Waals surface area contributed by atoms with Gasteiger partial charge in [-0.05, 0) is 42.4 Å². The summed E-state index contributed by atoms with van der Waals surface area (Å²) in [6.07, 6.45) is 2.23. The minimum absolute atomic E-state index is 0.00208. The molecule has 19 heavy (non-hydrogen) atoms. The van der Waals surface area contributed by atoms with Crippen LogP contribution in [0.2, 0.25) is 0 Å². The maximum atomic E-state index is 11.7. The zero-order valence-electron chi connectivity index (χ0n) is 12.6. The summed E-state index contributed by atoms with van der Waals surface area (Å²) in [5.74, 6) is 0.00208. The van der Waals surface area contributed by atoms with Crippen molar-refractivity contribution in [3.05, 3.63) is 28.8 Å². The van der Waals surface area contributed by atoms with E-state index < -0.39 is 0 Å². The van der Waals surface area contributed by atoms with Crippen LogP contribution in [0.4, 0.5) is 5.69 Å². The molecule has 0 atom stereocenters. The fourth-order valence-electron chi connectivity index (χ4n) is 2.47. The summed E-state index contributed by atoms with van der Waals surface area (Å²) < 4.78 is 0. The summed E-state index contributed by atoms with van der Waals surface area (Å²) in [5.41, 5.74) is 4.66. The number of amides is 1. The normalized spacial score (nSPS) is 11.5. The summed E-state index contributed by atoms with van der Waals surface area (Å²) in [5, 5.41) is 3.38. The van der Waals surface area contributed by atoms with Crippen LogP contribution in [0, 0.1) is 13.8 Å². The second-order valence-corrected chi connectivity index (χ2v) is 6.31. The second-order valence-electron chi connectivity index (χ2n) is 5.75. The maximum absolute atomic E-state index is 11.7. The van der Waals surface area contributed by atoms with E-state index in [0.717, 1.165) is 24.1 Å². The Morgan fingerprint density at radius 2 is 1.95 bits per heavy atom. The molecule has 3 heteroatoms. The maximum Gasteiger partial charge on any atom is 0.235 e. The molecular weight excluding hydrogens is 302 g/mol. The monoisotopic (exact) mass is 325 g/mol. The Labute approximate surface area is 125 Å². The summed E-state index contributed by atoms with van der Waals surface area (Å²) in [6, 6.07) is 4.30. The average molecular weight is 326 g/mol. The zero-order valence-corrected chi connectivity index (χ0v) is 14.1. The van der Waals surface area contributed by atoms with Crippen molar-refractivity contribution < 1.29 is 4.79 Å². The number of carbonyl (C=O) groups excluding carboxylic acids is 1. The molecule has 0 unspecified atom stereocenters. The summed E-state index contributed by atoms with van der Waals surface area (Å²) in [4.78, 5) is 11.7. The first-order valence-electron chi connectivity index (χ1n) is 6.80. The predicted octanol–water partition coefficient (Wildman–Crippen LogP) is 4.71. The van der Waals surface area contributed by atoms with Crippen molar-refractivity contribution in [1.82, 2.24) is 0 Å². The summed E-state index contributed by atoms with van der Waals surface area (Å²) >= 11 is 3.21. The van der Waals surface area contributed by atoms with Gasteiger partial charge in [0.1, 0.15) is 0 Å². The predicted molar refractivity (Wildman–Crippen MR) is 86.3 cm³/mol. The van der Waals surface area contributed by atoms with Crippen molar-refractivity contribution in [2.75, 3.05) is 10.6 Å². The standard InChI is InChI=1S/C16H24BrNO/c1-6-9-16(4,5)13-8-7-11(2)12(3)15(13)18-14(19)10-17/h7-8H,6,9-10H2,1-5H3,(H,18,19). The van der Waals surface area contributed by atoms with Crippen molar-refractivity contribution in [3.63, 3.8) is 0 Å². The van der Waals surface area contributed by atoms with Crippen LogP contribution >= 0.6 is 15.9 Å². The third-order valence-corrected chi connectivity index (χ3v) is 4.24. The number of carbonyl (C=O) groups is 1. The van der Waals surface area contributed by atoms with Crippen molar-refractivity contribution in [2.24, 2.45) is 0 Å². The lowest BCUT2D eigenvalue weighted by atomic mass is 9.78. The smallest absolute Gasteiger partial charge is 0.235 e. The van der Waals surface area contributed by atoms with Gasteiger partial charge >= 0.3 is 0 Å². The first-order valence-corrected chi connectivity index (χ1v) is 7.92. The van der Waals surface area contributed by atoms with Crippen LogP contribution < -0.4 is 5.32 Å². The van der Waals surface area contributed by atoms with Gasteiger partial charge in [0.05, 0.1) is 5.33 Å². The lowest BCUT2D eigenvalue weighted by Crippen LogP contribution is -2.23. The second kappa shape index (κ2) is 6.56. The highest BCUT2D eigenvalue weighted by molar-refractivity contribution is 9.09. The van der Waals surface area contributed by atoms with Crippen molar-refractivity contribution in [2.45, 2.75) is 52.9 Å². The molecule has 0 heterocycles. The molecule has 2 nitrogen and oxygen atoms in total. The first kappa shape index (κ1) is 16.2. The van der Waals surface area contributed by atoms with Crippen molar-refractivity contribution >= 4 is 27.5 Å². The Morgan fingerprint density at radius 3 is 2.47 bits per heavy atom. The van der Waals surface area contributed by atoms with E-state index in [1.54, 1.807) is 0 Å². The molecule has 1 amide bonds. The van der Waals surface area contributed by atoms with E-state index in [1.807, 2.05) is 0 Å². The van der Waals surface area contributed by atoms with Gasteiger partial charge in [0.15, 0.2) is 0 Å². The molecule has 0 radical (unpaired) electrons. The van der Waals surface area contributed by atoms with E-state index in [1.165, 1.54) is 11.1 Å². The Bertz CT molecular complexity index is 466. The zero-order chi connectivity index (χ0) is 14.6. The van der Waals surface area contributed by atoms with Gasteiger partial charge in [0.2, 0.25) is 5.91 Å². The topological polar surface area (TPSA) is 29.1 Å². The highest BCUT2D eigenvalue weighted by Crippen LogP contribution is 2.36. The van der Waals surface area contributed by atoms with Crippen LogP contribution in [0.25, 0.3) is 0 Å². The molecule has 1 rings (SSSR count). The van der Waals surface area contributed by atoms with E-state index >= 15 is 0 Å². The number of halogens is 1. The number of nitrogens with one attached hydrogen (secondary N) is 1. The van der Waals surface area contributed by atoms with Gasteiger partial charge in [-0.1, -0.05) is 55.3 Å². The van der Waals surface area contributed by atoms with E-state index in [4.69, 9.17) is 0 Å². The summed E-state index contributed by atoms with van der Waals surface area (Å²) in [7, 11) is 0. The molecule has 0 aromatic heterocycles. The number of alkyl halides is 1. The Hall–Kier alpha value is -0.830. The van der Waals surface area contributed by atoms with Gasteiger partial charge in [-0.2, -0.15) is 0 Å². The minimum atomic E-state index is 0.00208.